The summed E-state index contributed by atoms with van der Waals surface area (Å²) in [7, 11) is 0. The van der Waals surface area contributed by atoms with Crippen molar-refractivity contribution in [3.05, 3.63) is 35.1 Å². The van der Waals surface area contributed by atoms with E-state index in [2.05, 4.69) is 10.1 Å². The first-order chi connectivity index (χ1) is 9.65. The molecule has 0 spiro atoms. The fourth-order valence-corrected chi connectivity index (χ4v) is 2.51. The molecule has 1 aliphatic rings. The standard InChI is InChI=1S/C12H11ClN4O2S/c13-8-2-1-3-15-12(8)17-9(11(14)18)4-10(16-17)19-7-5-20-6-7/h1-4,7H,5-6H2,(H2,14,18). The summed E-state index contributed by atoms with van der Waals surface area (Å²) in [6.45, 7) is 0. The summed E-state index contributed by atoms with van der Waals surface area (Å²) in [5, 5.41) is 4.60. The minimum absolute atomic E-state index is 0.128. The SMILES string of the molecule is NC(=O)c1cc(OC2CSC2)nn1-c1ncccc1Cl. The average molecular weight is 311 g/mol. The number of nitrogens with zero attached hydrogens (tertiary/aromatic N) is 3. The molecule has 0 atom stereocenters. The first-order valence-corrected chi connectivity index (χ1v) is 7.43. The first kappa shape index (κ1) is 13.3. The van der Waals surface area contributed by atoms with Crippen molar-refractivity contribution in [2.24, 2.45) is 5.73 Å². The normalized spacial score (nSPS) is 14.8. The zero-order chi connectivity index (χ0) is 14.1. The van der Waals surface area contributed by atoms with Gasteiger partial charge in [-0.2, -0.15) is 11.8 Å². The van der Waals surface area contributed by atoms with Crippen LogP contribution in [0.5, 0.6) is 5.88 Å². The summed E-state index contributed by atoms with van der Waals surface area (Å²) in [5.74, 6) is 1.93. The lowest BCUT2D eigenvalue weighted by Crippen LogP contribution is -2.31. The number of carbonyl (C=O) groups is 1. The summed E-state index contributed by atoms with van der Waals surface area (Å²) in [6, 6.07) is 4.87. The second-order valence-corrected chi connectivity index (χ2v) is 5.71. The van der Waals surface area contributed by atoms with Crippen LogP contribution in [-0.4, -0.2) is 38.3 Å². The Labute approximate surface area is 124 Å². The van der Waals surface area contributed by atoms with Crippen LogP contribution in [0.1, 0.15) is 10.5 Å². The number of pyridine rings is 1. The Morgan fingerprint density at radius 3 is 2.95 bits per heavy atom. The third-order valence-electron chi connectivity index (χ3n) is 2.77. The Kier molecular flexibility index (Phi) is 3.54. The number of hydrogen-bond acceptors (Lipinski definition) is 5. The molecule has 3 rings (SSSR count). The molecule has 1 saturated heterocycles. The molecule has 3 heterocycles. The van der Waals surface area contributed by atoms with E-state index in [1.807, 2.05) is 0 Å². The highest BCUT2D eigenvalue weighted by atomic mass is 35.5. The Balaban J connectivity index is 2.00. The van der Waals surface area contributed by atoms with Gasteiger partial charge in [0.1, 0.15) is 11.8 Å². The van der Waals surface area contributed by atoms with Crippen molar-refractivity contribution < 1.29 is 9.53 Å². The maximum absolute atomic E-state index is 11.5. The molecule has 0 aromatic carbocycles. The molecule has 104 valence electrons. The van der Waals surface area contributed by atoms with Crippen LogP contribution in [0.3, 0.4) is 0 Å². The van der Waals surface area contributed by atoms with Gasteiger partial charge < -0.3 is 10.5 Å². The van der Waals surface area contributed by atoms with Crippen LogP contribution in [0.15, 0.2) is 24.4 Å². The maximum atomic E-state index is 11.5. The maximum Gasteiger partial charge on any atom is 0.267 e. The van der Waals surface area contributed by atoms with Crippen LogP contribution in [0.25, 0.3) is 5.82 Å². The van der Waals surface area contributed by atoms with E-state index in [4.69, 9.17) is 22.1 Å². The lowest BCUT2D eigenvalue weighted by molar-refractivity contribution is 0.0992. The number of amides is 1. The molecule has 0 bridgehead atoms. The van der Waals surface area contributed by atoms with Crippen molar-refractivity contribution in [2.75, 3.05) is 11.5 Å². The third-order valence-corrected chi connectivity index (χ3v) is 4.28. The van der Waals surface area contributed by atoms with E-state index < -0.39 is 5.91 Å². The number of hydrogen-bond donors (Lipinski definition) is 1. The molecule has 1 fully saturated rings. The fraction of sp³-hybridized carbons (Fsp3) is 0.250. The Hall–Kier alpha value is -1.73. The van der Waals surface area contributed by atoms with Crippen LogP contribution in [0.4, 0.5) is 0 Å². The predicted octanol–water partition coefficient (Wildman–Crippen LogP) is 1.51. The van der Waals surface area contributed by atoms with Crippen molar-refractivity contribution >= 4 is 29.3 Å². The van der Waals surface area contributed by atoms with Gasteiger partial charge in [0.15, 0.2) is 5.82 Å². The van der Waals surface area contributed by atoms with E-state index in [0.717, 1.165) is 11.5 Å². The molecule has 1 aliphatic heterocycles. The molecule has 0 aliphatic carbocycles. The van der Waals surface area contributed by atoms with Gasteiger partial charge >= 0.3 is 0 Å². The largest absolute Gasteiger partial charge is 0.472 e. The molecule has 2 aromatic heterocycles. The molecule has 0 saturated carbocycles. The monoisotopic (exact) mass is 310 g/mol. The van der Waals surface area contributed by atoms with Crippen LogP contribution in [0.2, 0.25) is 5.02 Å². The van der Waals surface area contributed by atoms with E-state index >= 15 is 0 Å². The summed E-state index contributed by atoms with van der Waals surface area (Å²) in [4.78, 5) is 15.6. The third kappa shape index (κ3) is 2.46. The van der Waals surface area contributed by atoms with Gasteiger partial charge in [0, 0.05) is 23.8 Å². The van der Waals surface area contributed by atoms with Gasteiger partial charge in [-0.15, -0.1) is 5.10 Å². The zero-order valence-corrected chi connectivity index (χ0v) is 11.9. The number of primary amides is 1. The number of nitrogens with two attached hydrogens (primary N) is 1. The number of aromatic nitrogens is 3. The van der Waals surface area contributed by atoms with Crippen molar-refractivity contribution in [1.29, 1.82) is 0 Å². The quantitative estimate of drug-likeness (QED) is 0.925. The van der Waals surface area contributed by atoms with Gasteiger partial charge in [-0.25, -0.2) is 9.67 Å². The van der Waals surface area contributed by atoms with E-state index in [0.29, 0.717) is 16.7 Å². The van der Waals surface area contributed by atoms with E-state index in [9.17, 15) is 4.79 Å². The van der Waals surface area contributed by atoms with Gasteiger partial charge in [-0.1, -0.05) is 11.6 Å². The second kappa shape index (κ2) is 5.34. The van der Waals surface area contributed by atoms with Crippen LogP contribution in [0, 0.1) is 0 Å². The molecule has 0 unspecified atom stereocenters. The van der Waals surface area contributed by atoms with Gasteiger partial charge in [0.2, 0.25) is 5.88 Å². The van der Waals surface area contributed by atoms with E-state index in [-0.39, 0.29) is 11.8 Å². The Bertz CT molecular complexity index is 657. The van der Waals surface area contributed by atoms with Crippen molar-refractivity contribution in [1.82, 2.24) is 14.8 Å². The van der Waals surface area contributed by atoms with Crippen molar-refractivity contribution in [3.63, 3.8) is 0 Å². The smallest absolute Gasteiger partial charge is 0.267 e. The highest BCUT2D eigenvalue weighted by Gasteiger charge is 2.23. The molecule has 20 heavy (non-hydrogen) atoms. The lowest BCUT2D eigenvalue weighted by Gasteiger charge is -2.24. The second-order valence-electron chi connectivity index (χ2n) is 4.23. The number of carbonyl (C=O) groups excluding carboxylic acids is 1. The number of thioether (sulfide) groups is 1. The summed E-state index contributed by atoms with van der Waals surface area (Å²) in [5.41, 5.74) is 5.55. The minimum Gasteiger partial charge on any atom is -0.472 e. The zero-order valence-electron chi connectivity index (χ0n) is 10.3. The first-order valence-electron chi connectivity index (χ1n) is 5.90. The molecule has 2 N–H and O–H groups in total. The molecule has 1 amide bonds. The lowest BCUT2D eigenvalue weighted by atomic mass is 10.4. The number of halogens is 1. The van der Waals surface area contributed by atoms with E-state index in [1.54, 1.807) is 30.1 Å². The van der Waals surface area contributed by atoms with Gasteiger partial charge in [-0.3, -0.25) is 4.79 Å². The van der Waals surface area contributed by atoms with Crippen LogP contribution >= 0.6 is 23.4 Å². The number of rotatable bonds is 4. The van der Waals surface area contributed by atoms with Crippen LogP contribution < -0.4 is 10.5 Å². The molecule has 6 nitrogen and oxygen atoms in total. The van der Waals surface area contributed by atoms with Gasteiger partial charge in [-0.05, 0) is 12.1 Å². The fourth-order valence-electron chi connectivity index (χ4n) is 1.74. The van der Waals surface area contributed by atoms with Crippen LogP contribution in [-0.2, 0) is 0 Å². The molecular formula is C12H11ClN4O2S. The van der Waals surface area contributed by atoms with Crippen molar-refractivity contribution in [2.45, 2.75) is 6.10 Å². The summed E-state index contributed by atoms with van der Waals surface area (Å²) < 4.78 is 6.96. The Morgan fingerprint density at radius 2 is 2.35 bits per heavy atom. The average Bonchev–Trinajstić information content (AvgIpc) is 2.78. The molecular weight excluding hydrogens is 300 g/mol. The predicted molar refractivity (Wildman–Crippen MR) is 76.6 cm³/mol. The molecule has 0 radical (unpaired) electrons. The summed E-state index contributed by atoms with van der Waals surface area (Å²) in [6.07, 6.45) is 1.69. The Morgan fingerprint density at radius 1 is 1.55 bits per heavy atom. The highest BCUT2D eigenvalue weighted by molar-refractivity contribution is 8.00. The summed E-state index contributed by atoms with van der Waals surface area (Å²) >= 11 is 7.87. The molecule has 2 aromatic rings. The minimum atomic E-state index is -0.614. The topological polar surface area (TPSA) is 83.0 Å². The molecule has 8 heteroatoms. The van der Waals surface area contributed by atoms with E-state index in [1.165, 1.54) is 10.7 Å². The highest BCUT2D eigenvalue weighted by Crippen LogP contribution is 2.26. The van der Waals surface area contributed by atoms with Gasteiger partial charge in [0.25, 0.3) is 5.91 Å². The van der Waals surface area contributed by atoms with Crippen molar-refractivity contribution in [3.8, 4) is 11.7 Å². The van der Waals surface area contributed by atoms with Gasteiger partial charge in [0.05, 0.1) is 5.02 Å². The number of ether oxygens (including phenoxy) is 1.